The zero-order valence-electron chi connectivity index (χ0n) is 18.3. The summed E-state index contributed by atoms with van der Waals surface area (Å²) >= 11 is 0. The maximum Gasteiger partial charge on any atom is 0.265 e. The van der Waals surface area contributed by atoms with Crippen LogP contribution >= 0.6 is 0 Å². The molecule has 2 amide bonds. The molecule has 7 heteroatoms. The van der Waals surface area contributed by atoms with Crippen molar-refractivity contribution in [1.82, 2.24) is 0 Å². The molecule has 0 aromatic heterocycles. The summed E-state index contributed by atoms with van der Waals surface area (Å²) in [5.41, 5.74) is 1.57. The third kappa shape index (κ3) is 6.01. The number of amides is 2. The second-order valence-electron chi connectivity index (χ2n) is 6.89. The maximum atomic E-state index is 12.8. The van der Waals surface area contributed by atoms with Crippen LogP contribution in [0.1, 0.15) is 24.2 Å². The van der Waals surface area contributed by atoms with Crippen molar-refractivity contribution in [3.63, 3.8) is 0 Å². The van der Waals surface area contributed by atoms with Gasteiger partial charge in [-0.3, -0.25) is 9.59 Å². The van der Waals surface area contributed by atoms with Crippen LogP contribution in [0.4, 0.5) is 11.4 Å². The molecule has 3 aromatic carbocycles. The van der Waals surface area contributed by atoms with Gasteiger partial charge in [0, 0.05) is 11.4 Å². The first-order valence-electron chi connectivity index (χ1n) is 10.2. The molecular weight excluding hydrogens is 408 g/mol. The highest BCUT2D eigenvalue weighted by atomic mass is 16.5. The number of hydrogen-bond donors (Lipinski definition) is 2. The topological polar surface area (TPSA) is 85.9 Å². The second kappa shape index (κ2) is 10.9. The minimum Gasteiger partial charge on any atom is -0.497 e. The highest BCUT2D eigenvalue weighted by molar-refractivity contribution is 6.06. The number of rotatable bonds is 9. The van der Waals surface area contributed by atoms with Gasteiger partial charge in [0.2, 0.25) is 0 Å². The van der Waals surface area contributed by atoms with Crippen LogP contribution in [0.2, 0.25) is 0 Å². The lowest BCUT2D eigenvalue weighted by molar-refractivity contribution is -0.122. The molecule has 0 saturated heterocycles. The van der Waals surface area contributed by atoms with Crippen molar-refractivity contribution in [3.8, 4) is 17.2 Å². The number of nitrogens with one attached hydrogen (secondary N) is 2. The summed E-state index contributed by atoms with van der Waals surface area (Å²) in [6, 6.07) is 20.9. The Morgan fingerprint density at radius 2 is 1.44 bits per heavy atom. The molecule has 2 N–H and O–H groups in total. The lowest BCUT2D eigenvalue weighted by Gasteiger charge is -2.17. The number of hydrogen-bond acceptors (Lipinski definition) is 5. The van der Waals surface area contributed by atoms with E-state index < -0.39 is 6.10 Å². The summed E-state index contributed by atoms with van der Waals surface area (Å²) in [6.07, 6.45) is -0.823. The minimum absolute atomic E-state index is 0.313. The smallest absolute Gasteiger partial charge is 0.265 e. The Morgan fingerprint density at radius 3 is 2.06 bits per heavy atom. The van der Waals surface area contributed by atoms with E-state index >= 15 is 0 Å². The van der Waals surface area contributed by atoms with Gasteiger partial charge in [-0.15, -0.1) is 0 Å². The van der Waals surface area contributed by atoms with E-state index in [0.717, 1.165) is 5.75 Å². The number of para-hydroxylation sites is 1. The molecule has 32 heavy (non-hydrogen) atoms. The van der Waals surface area contributed by atoms with Gasteiger partial charge < -0.3 is 24.8 Å². The third-order valence-electron chi connectivity index (χ3n) is 4.59. The number of carbonyl (C=O) groups is 2. The zero-order valence-corrected chi connectivity index (χ0v) is 18.3. The van der Waals surface area contributed by atoms with E-state index in [1.54, 1.807) is 86.8 Å². The van der Waals surface area contributed by atoms with E-state index in [1.807, 2.05) is 6.92 Å². The quantitative estimate of drug-likeness (QED) is 0.508. The fourth-order valence-electron chi connectivity index (χ4n) is 2.92. The SMILES string of the molecule is CCOc1ccc(NC(=O)[C@H](C)Oc2ccccc2C(=O)Nc2ccc(OC)cc2)cc1. The van der Waals surface area contributed by atoms with Crippen molar-refractivity contribution >= 4 is 23.2 Å². The van der Waals surface area contributed by atoms with Crippen LogP contribution < -0.4 is 24.8 Å². The molecule has 1 atom stereocenters. The monoisotopic (exact) mass is 434 g/mol. The molecule has 0 unspecified atom stereocenters. The predicted octanol–water partition coefficient (Wildman–Crippen LogP) is 4.75. The zero-order chi connectivity index (χ0) is 22.9. The van der Waals surface area contributed by atoms with Gasteiger partial charge in [-0.2, -0.15) is 0 Å². The van der Waals surface area contributed by atoms with Crippen molar-refractivity contribution in [3.05, 3.63) is 78.4 Å². The Kier molecular flexibility index (Phi) is 7.70. The molecule has 0 radical (unpaired) electrons. The Hall–Kier alpha value is -4.00. The lowest BCUT2D eigenvalue weighted by atomic mass is 10.1. The fraction of sp³-hybridized carbons (Fsp3) is 0.200. The summed E-state index contributed by atoms with van der Waals surface area (Å²) in [6.45, 7) is 4.11. The second-order valence-corrected chi connectivity index (χ2v) is 6.89. The molecule has 7 nitrogen and oxygen atoms in total. The molecular formula is C25H26N2O5. The standard InChI is InChI=1S/C25H26N2O5/c1-4-31-21-15-11-18(12-16-21)26-24(28)17(2)32-23-8-6-5-7-22(23)25(29)27-19-9-13-20(30-3)14-10-19/h5-17H,4H2,1-3H3,(H,26,28)(H,27,29)/t17-/m0/s1. The average Bonchev–Trinajstić information content (AvgIpc) is 2.81. The van der Waals surface area contributed by atoms with E-state index in [9.17, 15) is 9.59 Å². The number of ether oxygens (including phenoxy) is 3. The molecule has 3 rings (SSSR count). The molecule has 0 bridgehead atoms. The van der Waals surface area contributed by atoms with Crippen molar-refractivity contribution in [2.45, 2.75) is 20.0 Å². The number of methoxy groups -OCH3 is 1. The van der Waals surface area contributed by atoms with Crippen LogP contribution in [-0.4, -0.2) is 31.6 Å². The predicted molar refractivity (Wildman–Crippen MR) is 124 cm³/mol. The maximum absolute atomic E-state index is 12.8. The number of benzene rings is 3. The summed E-state index contributed by atoms with van der Waals surface area (Å²) in [5.74, 6) is 1.06. The summed E-state index contributed by atoms with van der Waals surface area (Å²) in [5, 5.41) is 5.62. The van der Waals surface area contributed by atoms with Gasteiger partial charge in [-0.1, -0.05) is 12.1 Å². The van der Waals surface area contributed by atoms with Crippen LogP contribution in [0.25, 0.3) is 0 Å². The molecule has 0 aliphatic carbocycles. The highest BCUT2D eigenvalue weighted by Crippen LogP contribution is 2.23. The van der Waals surface area contributed by atoms with Gasteiger partial charge >= 0.3 is 0 Å². The van der Waals surface area contributed by atoms with Crippen LogP contribution in [0.15, 0.2) is 72.8 Å². The van der Waals surface area contributed by atoms with Crippen LogP contribution in [0.3, 0.4) is 0 Å². The molecule has 3 aromatic rings. The van der Waals surface area contributed by atoms with Crippen LogP contribution in [-0.2, 0) is 4.79 Å². The van der Waals surface area contributed by atoms with Crippen molar-refractivity contribution in [2.24, 2.45) is 0 Å². The van der Waals surface area contributed by atoms with Gasteiger partial charge in [0.15, 0.2) is 6.10 Å². The first-order chi connectivity index (χ1) is 15.5. The number of carbonyl (C=O) groups excluding carboxylic acids is 2. The van der Waals surface area contributed by atoms with Gasteiger partial charge in [0.1, 0.15) is 17.2 Å². The third-order valence-corrected chi connectivity index (χ3v) is 4.59. The minimum atomic E-state index is -0.823. The molecule has 0 saturated carbocycles. The highest BCUT2D eigenvalue weighted by Gasteiger charge is 2.19. The van der Waals surface area contributed by atoms with Crippen molar-refractivity contribution < 1.29 is 23.8 Å². The summed E-state index contributed by atoms with van der Waals surface area (Å²) in [4.78, 5) is 25.4. The normalized spacial score (nSPS) is 11.2. The van der Waals surface area contributed by atoms with Gasteiger partial charge in [-0.25, -0.2) is 0 Å². The molecule has 0 heterocycles. The van der Waals surface area contributed by atoms with Crippen LogP contribution in [0.5, 0.6) is 17.2 Å². The first kappa shape index (κ1) is 22.7. The summed E-state index contributed by atoms with van der Waals surface area (Å²) < 4.78 is 16.3. The molecule has 0 spiro atoms. The first-order valence-corrected chi connectivity index (χ1v) is 10.2. The molecule has 166 valence electrons. The van der Waals surface area contributed by atoms with Crippen molar-refractivity contribution in [2.75, 3.05) is 24.4 Å². The van der Waals surface area contributed by atoms with Gasteiger partial charge in [0.05, 0.1) is 19.3 Å². The molecule has 0 aliphatic heterocycles. The van der Waals surface area contributed by atoms with Crippen LogP contribution in [0, 0.1) is 0 Å². The van der Waals surface area contributed by atoms with Gasteiger partial charge in [-0.05, 0) is 74.5 Å². The Morgan fingerprint density at radius 1 is 0.844 bits per heavy atom. The van der Waals surface area contributed by atoms with E-state index in [-0.39, 0.29) is 11.8 Å². The summed E-state index contributed by atoms with van der Waals surface area (Å²) in [7, 11) is 1.58. The lowest BCUT2D eigenvalue weighted by Crippen LogP contribution is -2.30. The van der Waals surface area contributed by atoms with E-state index in [0.29, 0.717) is 35.0 Å². The van der Waals surface area contributed by atoms with Crippen molar-refractivity contribution in [1.29, 1.82) is 0 Å². The largest absolute Gasteiger partial charge is 0.497 e. The van der Waals surface area contributed by atoms with E-state index in [4.69, 9.17) is 14.2 Å². The molecule has 0 fully saturated rings. The fourth-order valence-corrected chi connectivity index (χ4v) is 2.92. The molecule has 0 aliphatic rings. The Labute approximate surface area is 187 Å². The average molecular weight is 434 g/mol. The Balaban J connectivity index is 1.65. The van der Waals surface area contributed by atoms with Gasteiger partial charge in [0.25, 0.3) is 11.8 Å². The number of anilines is 2. The van der Waals surface area contributed by atoms with E-state index in [2.05, 4.69) is 10.6 Å². The Bertz CT molecular complexity index is 1050. The van der Waals surface area contributed by atoms with E-state index in [1.165, 1.54) is 0 Å².